The van der Waals surface area contributed by atoms with Crippen molar-refractivity contribution in [2.45, 2.75) is 19.9 Å². The van der Waals surface area contributed by atoms with Crippen LogP contribution in [0.15, 0.2) is 28.1 Å². The number of fused-ring (bicyclic) bond motifs is 1. The monoisotopic (exact) mass is 344 g/mol. The van der Waals surface area contributed by atoms with Crippen molar-refractivity contribution in [1.29, 1.82) is 0 Å². The fourth-order valence-electron chi connectivity index (χ4n) is 2.38. The predicted octanol–water partition coefficient (Wildman–Crippen LogP) is 2.12. The van der Waals surface area contributed by atoms with Gasteiger partial charge in [0.1, 0.15) is 6.04 Å². The highest BCUT2D eigenvalue weighted by Crippen LogP contribution is 2.29. The summed E-state index contributed by atoms with van der Waals surface area (Å²) in [6.07, 6.45) is 0. The summed E-state index contributed by atoms with van der Waals surface area (Å²) >= 11 is 1.51. The minimum Gasteiger partial charge on any atom is -0.357 e. The van der Waals surface area contributed by atoms with E-state index >= 15 is 0 Å². The molecule has 3 aromatic rings. The van der Waals surface area contributed by atoms with Crippen LogP contribution in [-0.4, -0.2) is 35.0 Å². The lowest BCUT2D eigenvalue weighted by Crippen LogP contribution is -2.43. The average molecular weight is 344 g/mol. The first-order valence-electron chi connectivity index (χ1n) is 7.34. The van der Waals surface area contributed by atoms with E-state index in [2.05, 4.69) is 20.8 Å². The Labute approximate surface area is 142 Å². The molecule has 3 aromatic heterocycles. The molecule has 8 heteroatoms. The summed E-state index contributed by atoms with van der Waals surface area (Å²) in [7, 11) is 1.52. The molecule has 2 N–H and O–H groups in total. The Hall–Kier alpha value is -2.74. The number of aromatic nitrogens is 2. The maximum atomic E-state index is 12.7. The van der Waals surface area contributed by atoms with Crippen LogP contribution in [0.4, 0.5) is 0 Å². The Morgan fingerprint density at radius 3 is 2.83 bits per heavy atom. The zero-order valence-electron chi connectivity index (χ0n) is 13.4. The largest absolute Gasteiger partial charge is 0.357 e. The molecular weight excluding hydrogens is 328 g/mol. The Bertz CT molecular complexity index is 902. The molecule has 3 heterocycles. The van der Waals surface area contributed by atoms with E-state index in [0.717, 1.165) is 4.88 Å². The third kappa shape index (κ3) is 2.88. The normalized spacial score (nSPS) is 12.1. The smallest absolute Gasteiger partial charge is 0.259 e. The molecule has 0 aromatic carbocycles. The van der Waals surface area contributed by atoms with Gasteiger partial charge in [0.2, 0.25) is 5.91 Å². The maximum absolute atomic E-state index is 12.7. The first-order chi connectivity index (χ1) is 11.5. The number of hydrogen-bond acceptors (Lipinski definition) is 6. The zero-order chi connectivity index (χ0) is 17.3. The van der Waals surface area contributed by atoms with Crippen LogP contribution in [0, 0.1) is 6.92 Å². The standard InChI is InChI=1S/C16H16N4O3S/c1-8-13-10(15(22)18-9(2)14(21)17-3)7-11(12-5-4-6-24-12)19-16(13)23-20-8/h4-7,9H,1-3H3,(H,17,21)(H,18,22)/t9-/m0/s1. The van der Waals surface area contributed by atoms with Gasteiger partial charge in [-0.15, -0.1) is 11.3 Å². The third-order valence-electron chi connectivity index (χ3n) is 3.62. The lowest BCUT2D eigenvalue weighted by molar-refractivity contribution is -0.122. The summed E-state index contributed by atoms with van der Waals surface area (Å²) in [5.41, 5.74) is 1.90. The molecule has 0 radical (unpaired) electrons. The topological polar surface area (TPSA) is 97.1 Å². The minimum atomic E-state index is -0.656. The van der Waals surface area contributed by atoms with Gasteiger partial charge in [-0.05, 0) is 31.4 Å². The van der Waals surface area contributed by atoms with E-state index in [1.54, 1.807) is 19.9 Å². The number of carbonyl (C=O) groups is 2. The molecule has 124 valence electrons. The van der Waals surface area contributed by atoms with E-state index in [9.17, 15) is 9.59 Å². The van der Waals surface area contributed by atoms with Crippen molar-refractivity contribution in [3.05, 3.63) is 34.8 Å². The second-order valence-electron chi connectivity index (χ2n) is 5.29. The van der Waals surface area contributed by atoms with Crippen molar-refractivity contribution < 1.29 is 14.1 Å². The lowest BCUT2D eigenvalue weighted by Gasteiger charge is -2.13. The van der Waals surface area contributed by atoms with Gasteiger partial charge in [0.25, 0.3) is 11.6 Å². The molecule has 7 nitrogen and oxygen atoms in total. The SMILES string of the molecule is CNC(=O)[C@H](C)NC(=O)c1cc(-c2cccs2)nc2onc(C)c12. The molecule has 0 spiro atoms. The molecule has 0 saturated carbocycles. The van der Waals surface area contributed by atoms with E-state index in [1.165, 1.54) is 18.4 Å². The first-order valence-corrected chi connectivity index (χ1v) is 8.22. The van der Waals surface area contributed by atoms with E-state index < -0.39 is 6.04 Å². The number of aryl methyl sites for hydroxylation is 1. The summed E-state index contributed by atoms with van der Waals surface area (Å²) in [4.78, 5) is 29.7. The van der Waals surface area contributed by atoms with Crippen LogP contribution in [0.2, 0.25) is 0 Å². The van der Waals surface area contributed by atoms with Crippen molar-refractivity contribution in [2.24, 2.45) is 0 Å². The van der Waals surface area contributed by atoms with Crippen molar-refractivity contribution >= 4 is 34.3 Å². The number of nitrogens with zero attached hydrogens (tertiary/aromatic N) is 2. The molecule has 0 unspecified atom stereocenters. The summed E-state index contributed by atoms with van der Waals surface area (Å²) in [5, 5.41) is 11.6. The summed E-state index contributed by atoms with van der Waals surface area (Å²) in [6.45, 7) is 3.37. The van der Waals surface area contributed by atoms with Gasteiger partial charge in [0, 0.05) is 7.05 Å². The van der Waals surface area contributed by atoms with Crippen LogP contribution in [0.25, 0.3) is 21.7 Å². The Kier molecular flexibility index (Phi) is 4.30. The highest BCUT2D eigenvalue weighted by atomic mass is 32.1. The minimum absolute atomic E-state index is 0.269. The van der Waals surface area contributed by atoms with Gasteiger partial charge in [-0.25, -0.2) is 4.98 Å². The Morgan fingerprint density at radius 1 is 1.38 bits per heavy atom. The summed E-state index contributed by atoms with van der Waals surface area (Å²) in [6, 6.07) is 4.86. The molecule has 2 amide bonds. The molecule has 3 rings (SSSR count). The number of rotatable bonds is 4. The van der Waals surface area contributed by atoms with Gasteiger partial charge in [0.15, 0.2) is 0 Å². The van der Waals surface area contributed by atoms with Crippen molar-refractivity contribution in [2.75, 3.05) is 7.05 Å². The number of carbonyl (C=O) groups excluding carboxylic acids is 2. The number of amides is 2. The van der Waals surface area contributed by atoms with Gasteiger partial charge < -0.3 is 15.2 Å². The maximum Gasteiger partial charge on any atom is 0.259 e. The lowest BCUT2D eigenvalue weighted by atomic mass is 10.1. The van der Waals surface area contributed by atoms with Gasteiger partial charge in [0.05, 0.1) is 27.2 Å². The van der Waals surface area contributed by atoms with Crippen LogP contribution in [-0.2, 0) is 4.79 Å². The number of nitrogens with one attached hydrogen (secondary N) is 2. The molecular formula is C16H16N4O3S. The molecule has 0 fully saturated rings. The molecule has 0 bridgehead atoms. The van der Waals surface area contributed by atoms with E-state index in [1.807, 2.05) is 17.5 Å². The van der Waals surface area contributed by atoms with Gasteiger partial charge in [-0.2, -0.15) is 0 Å². The second kappa shape index (κ2) is 6.40. The first kappa shape index (κ1) is 16.1. The highest BCUT2D eigenvalue weighted by molar-refractivity contribution is 7.13. The fourth-order valence-corrected chi connectivity index (χ4v) is 3.07. The highest BCUT2D eigenvalue weighted by Gasteiger charge is 2.22. The van der Waals surface area contributed by atoms with E-state index in [-0.39, 0.29) is 11.8 Å². The number of thiophene rings is 1. The van der Waals surface area contributed by atoms with Crippen LogP contribution in [0.1, 0.15) is 23.0 Å². The molecule has 1 atom stereocenters. The predicted molar refractivity (Wildman–Crippen MR) is 90.8 cm³/mol. The molecule has 0 aliphatic carbocycles. The van der Waals surface area contributed by atoms with Crippen LogP contribution in [0.5, 0.6) is 0 Å². The van der Waals surface area contributed by atoms with Crippen molar-refractivity contribution in [3.8, 4) is 10.6 Å². The van der Waals surface area contributed by atoms with Crippen molar-refractivity contribution in [1.82, 2.24) is 20.8 Å². The molecule has 0 aliphatic heterocycles. The number of likely N-dealkylation sites (N-methyl/N-ethyl adjacent to an activating group) is 1. The average Bonchev–Trinajstić information content (AvgIpc) is 3.23. The number of pyridine rings is 1. The second-order valence-corrected chi connectivity index (χ2v) is 6.24. The fraction of sp³-hybridized carbons (Fsp3) is 0.250. The Morgan fingerprint density at radius 2 is 2.17 bits per heavy atom. The van der Waals surface area contributed by atoms with E-state index in [0.29, 0.717) is 28.1 Å². The van der Waals surface area contributed by atoms with E-state index in [4.69, 9.17) is 4.52 Å². The molecule has 24 heavy (non-hydrogen) atoms. The summed E-state index contributed by atoms with van der Waals surface area (Å²) in [5.74, 6) is -0.642. The van der Waals surface area contributed by atoms with Crippen LogP contribution < -0.4 is 10.6 Å². The van der Waals surface area contributed by atoms with Crippen LogP contribution >= 0.6 is 11.3 Å². The summed E-state index contributed by atoms with van der Waals surface area (Å²) < 4.78 is 5.24. The number of hydrogen-bond donors (Lipinski definition) is 2. The quantitative estimate of drug-likeness (QED) is 0.755. The van der Waals surface area contributed by atoms with Gasteiger partial charge >= 0.3 is 0 Å². The Balaban J connectivity index is 2.06. The zero-order valence-corrected chi connectivity index (χ0v) is 14.2. The molecule has 0 saturated heterocycles. The van der Waals surface area contributed by atoms with Crippen LogP contribution in [0.3, 0.4) is 0 Å². The van der Waals surface area contributed by atoms with Crippen molar-refractivity contribution in [3.63, 3.8) is 0 Å². The third-order valence-corrected chi connectivity index (χ3v) is 4.52. The van der Waals surface area contributed by atoms with Gasteiger partial charge in [-0.3, -0.25) is 9.59 Å². The molecule has 0 aliphatic rings. The van der Waals surface area contributed by atoms with Gasteiger partial charge in [-0.1, -0.05) is 11.2 Å².